The third-order valence-corrected chi connectivity index (χ3v) is 3.01. The third kappa shape index (κ3) is 3.91. The number of nitrogens with two attached hydrogens (primary N) is 1. The van der Waals surface area contributed by atoms with Gasteiger partial charge in [-0.25, -0.2) is 0 Å². The van der Waals surface area contributed by atoms with Crippen LogP contribution in [0, 0.1) is 11.8 Å². The van der Waals surface area contributed by atoms with Crippen molar-refractivity contribution in [3.63, 3.8) is 0 Å². The highest BCUT2D eigenvalue weighted by molar-refractivity contribution is 5.93. The summed E-state index contributed by atoms with van der Waals surface area (Å²) in [4.78, 5) is 17.9. The third-order valence-electron chi connectivity index (χ3n) is 3.01. The molecule has 0 saturated heterocycles. The Labute approximate surface area is 124 Å². The first-order valence-corrected chi connectivity index (χ1v) is 6.64. The maximum atomic E-state index is 12.3. The summed E-state index contributed by atoms with van der Waals surface area (Å²) in [7, 11) is 1.77. The van der Waals surface area contributed by atoms with Crippen molar-refractivity contribution in [3.8, 4) is 11.8 Å². The first-order chi connectivity index (χ1) is 10.2. The van der Waals surface area contributed by atoms with Crippen LogP contribution in [0.25, 0.3) is 0 Å². The highest BCUT2D eigenvalue weighted by Gasteiger charge is 2.13. The van der Waals surface area contributed by atoms with Crippen molar-refractivity contribution in [1.82, 2.24) is 9.88 Å². The molecule has 1 heterocycles. The predicted molar refractivity (Wildman–Crippen MR) is 82.4 cm³/mol. The molecule has 106 valence electrons. The van der Waals surface area contributed by atoms with Gasteiger partial charge in [0.05, 0.1) is 12.1 Å². The van der Waals surface area contributed by atoms with Gasteiger partial charge in [0.15, 0.2) is 0 Å². The van der Waals surface area contributed by atoms with E-state index in [1.165, 1.54) is 0 Å². The Hall–Kier alpha value is -2.64. The van der Waals surface area contributed by atoms with Crippen molar-refractivity contribution in [3.05, 3.63) is 65.5 Å². The van der Waals surface area contributed by atoms with Crippen LogP contribution in [0.2, 0.25) is 0 Å². The highest BCUT2D eigenvalue weighted by atomic mass is 16.2. The van der Waals surface area contributed by atoms with Crippen LogP contribution in [0.4, 0.5) is 0 Å². The van der Waals surface area contributed by atoms with E-state index in [9.17, 15) is 4.79 Å². The predicted octanol–water partition coefficient (Wildman–Crippen LogP) is 1.66. The van der Waals surface area contributed by atoms with Gasteiger partial charge in [-0.2, -0.15) is 0 Å². The van der Waals surface area contributed by atoms with E-state index in [0.717, 1.165) is 11.1 Å². The van der Waals surface area contributed by atoms with Crippen LogP contribution in [0.15, 0.2) is 48.8 Å². The number of nitrogens with zero attached hydrogens (tertiary/aromatic N) is 2. The van der Waals surface area contributed by atoms with Gasteiger partial charge in [0.2, 0.25) is 0 Å². The minimum atomic E-state index is -0.0651. The topological polar surface area (TPSA) is 59.2 Å². The Morgan fingerprint density at radius 3 is 2.81 bits per heavy atom. The van der Waals surface area contributed by atoms with E-state index in [-0.39, 0.29) is 5.91 Å². The van der Waals surface area contributed by atoms with Crippen molar-refractivity contribution in [1.29, 1.82) is 0 Å². The molecule has 0 spiro atoms. The summed E-state index contributed by atoms with van der Waals surface area (Å²) in [5.74, 6) is 5.81. The molecule has 0 fully saturated rings. The van der Waals surface area contributed by atoms with E-state index in [2.05, 4.69) is 16.8 Å². The van der Waals surface area contributed by atoms with Crippen LogP contribution in [0.3, 0.4) is 0 Å². The smallest absolute Gasteiger partial charge is 0.255 e. The zero-order chi connectivity index (χ0) is 15.1. The molecule has 2 rings (SSSR count). The summed E-state index contributed by atoms with van der Waals surface area (Å²) >= 11 is 0. The zero-order valence-corrected chi connectivity index (χ0v) is 11.9. The molecule has 1 aromatic carbocycles. The fourth-order valence-corrected chi connectivity index (χ4v) is 1.96. The molecule has 1 aromatic heterocycles. The second kappa shape index (κ2) is 7.22. The lowest BCUT2D eigenvalue weighted by Crippen LogP contribution is -2.26. The lowest BCUT2D eigenvalue weighted by molar-refractivity contribution is 0.0784. The van der Waals surface area contributed by atoms with E-state index in [1.54, 1.807) is 36.5 Å². The van der Waals surface area contributed by atoms with Crippen LogP contribution in [0.5, 0.6) is 0 Å². The van der Waals surface area contributed by atoms with Gasteiger partial charge in [0.25, 0.3) is 5.91 Å². The highest BCUT2D eigenvalue weighted by Crippen LogP contribution is 2.12. The maximum absolute atomic E-state index is 12.3. The summed E-state index contributed by atoms with van der Waals surface area (Å²) < 4.78 is 0. The Kier molecular flexibility index (Phi) is 5.08. The fourth-order valence-electron chi connectivity index (χ4n) is 1.96. The first kappa shape index (κ1) is 14.8. The monoisotopic (exact) mass is 279 g/mol. The summed E-state index contributed by atoms with van der Waals surface area (Å²) in [5, 5.41) is 0. The zero-order valence-electron chi connectivity index (χ0n) is 11.9. The van der Waals surface area contributed by atoms with Crippen molar-refractivity contribution in [2.45, 2.75) is 6.54 Å². The SMILES string of the molecule is CN(Cc1ccccc1C#CCN)C(=O)c1cccnc1. The molecule has 0 unspecified atom stereocenters. The van der Waals surface area contributed by atoms with Crippen LogP contribution >= 0.6 is 0 Å². The van der Waals surface area contributed by atoms with Gasteiger partial charge in [-0.15, -0.1) is 0 Å². The molecule has 4 heteroatoms. The van der Waals surface area contributed by atoms with Crippen LogP contribution in [-0.4, -0.2) is 29.4 Å². The van der Waals surface area contributed by atoms with Crippen molar-refractivity contribution in [2.75, 3.05) is 13.6 Å². The molecule has 0 aliphatic heterocycles. The van der Waals surface area contributed by atoms with Crippen LogP contribution in [-0.2, 0) is 6.54 Å². The second-order valence-corrected chi connectivity index (χ2v) is 4.57. The fraction of sp³-hybridized carbons (Fsp3) is 0.176. The van der Waals surface area contributed by atoms with E-state index >= 15 is 0 Å². The van der Waals surface area contributed by atoms with Gasteiger partial charge in [-0.05, 0) is 23.8 Å². The summed E-state index contributed by atoms with van der Waals surface area (Å²) in [6, 6.07) is 11.3. The molecule has 21 heavy (non-hydrogen) atoms. The van der Waals surface area contributed by atoms with Gasteiger partial charge < -0.3 is 10.6 Å². The van der Waals surface area contributed by atoms with Crippen LogP contribution < -0.4 is 5.73 Å². The normalized spacial score (nSPS) is 9.62. The van der Waals surface area contributed by atoms with Gasteiger partial charge in [0, 0.05) is 31.5 Å². The van der Waals surface area contributed by atoms with E-state index in [0.29, 0.717) is 18.7 Å². The maximum Gasteiger partial charge on any atom is 0.255 e. The number of carbonyl (C=O) groups excluding carboxylic acids is 1. The molecule has 2 aromatic rings. The molecular weight excluding hydrogens is 262 g/mol. The molecule has 0 saturated carbocycles. The average Bonchev–Trinajstić information content (AvgIpc) is 2.54. The lowest BCUT2D eigenvalue weighted by Gasteiger charge is -2.18. The van der Waals surface area contributed by atoms with E-state index in [1.807, 2.05) is 24.3 Å². The van der Waals surface area contributed by atoms with E-state index < -0.39 is 0 Å². The molecule has 0 aliphatic carbocycles. The second-order valence-electron chi connectivity index (χ2n) is 4.57. The average molecular weight is 279 g/mol. The Balaban J connectivity index is 2.16. The van der Waals surface area contributed by atoms with Crippen molar-refractivity contribution >= 4 is 5.91 Å². The molecule has 4 nitrogen and oxygen atoms in total. The quantitative estimate of drug-likeness (QED) is 0.869. The number of amides is 1. The van der Waals surface area contributed by atoms with Gasteiger partial charge in [-0.3, -0.25) is 9.78 Å². The number of benzene rings is 1. The Bertz CT molecular complexity index is 671. The standard InChI is InChI=1S/C17H17N3O/c1-20(17(21)15-9-5-11-19-12-15)13-16-7-3-2-6-14(16)8-4-10-18/h2-3,5-7,9,11-12H,10,13,18H2,1H3. The molecule has 0 radical (unpaired) electrons. The number of rotatable bonds is 3. The Morgan fingerprint density at radius 2 is 2.10 bits per heavy atom. The molecule has 1 amide bonds. The molecule has 0 bridgehead atoms. The summed E-state index contributed by atoms with van der Waals surface area (Å²) in [5.41, 5.74) is 7.88. The number of hydrogen-bond donors (Lipinski definition) is 1. The number of carbonyl (C=O) groups is 1. The lowest BCUT2D eigenvalue weighted by atomic mass is 10.1. The molecular formula is C17H17N3O. The first-order valence-electron chi connectivity index (χ1n) is 6.64. The van der Waals surface area contributed by atoms with Crippen LogP contribution in [0.1, 0.15) is 21.5 Å². The Morgan fingerprint density at radius 1 is 1.29 bits per heavy atom. The minimum absolute atomic E-state index is 0.0651. The van der Waals surface area contributed by atoms with Crippen molar-refractivity contribution < 1.29 is 4.79 Å². The number of hydrogen-bond acceptors (Lipinski definition) is 3. The minimum Gasteiger partial charge on any atom is -0.337 e. The van der Waals surface area contributed by atoms with Gasteiger partial charge >= 0.3 is 0 Å². The molecule has 2 N–H and O–H groups in total. The number of aromatic nitrogens is 1. The largest absolute Gasteiger partial charge is 0.337 e. The summed E-state index contributed by atoms with van der Waals surface area (Å²) in [6.07, 6.45) is 3.22. The summed E-state index contributed by atoms with van der Waals surface area (Å²) in [6.45, 7) is 0.807. The molecule has 0 aliphatic rings. The molecule has 0 atom stereocenters. The van der Waals surface area contributed by atoms with Crippen molar-refractivity contribution in [2.24, 2.45) is 5.73 Å². The van der Waals surface area contributed by atoms with Gasteiger partial charge in [-0.1, -0.05) is 30.0 Å². The van der Waals surface area contributed by atoms with Gasteiger partial charge in [0.1, 0.15) is 0 Å². The number of pyridine rings is 1. The van der Waals surface area contributed by atoms with E-state index in [4.69, 9.17) is 5.73 Å².